The first-order valence-electron chi connectivity index (χ1n) is 7.92. The van der Waals surface area contributed by atoms with Gasteiger partial charge in [-0.1, -0.05) is 0 Å². The summed E-state index contributed by atoms with van der Waals surface area (Å²) in [4.78, 5) is 0.977. The molecule has 0 radical (unpaired) electrons. The Kier molecular flexibility index (Phi) is 8.08. The highest BCUT2D eigenvalue weighted by Crippen LogP contribution is 2.15. The van der Waals surface area contributed by atoms with Crippen LogP contribution in [0.5, 0.6) is 5.75 Å². The maximum absolute atomic E-state index is 5.73. The second-order valence-electron chi connectivity index (χ2n) is 5.42. The molecule has 0 aliphatic heterocycles. The largest absolute Gasteiger partial charge is 0.494 e. The van der Waals surface area contributed by atoms with Gasteiger partial charge in [-0.25, -0.2) is 0 Å². The van der Waals surface area contributed by atoms with Gasteiger partial charge in [0.25, 0.3) is 0 Å². The van der Waals surface area contributed by atoms with Gasteiger partial charge in [0.1, 0.15) is 5.75 Å². The first-order valence-corrected chi connectivity index (χ1v) is 8.37. The van der Waals surface area contributed by atoms with E-state index in [2.05, 4.69) is 33.4 Å². The number of quaternary nitrogens is 1. The van der Waals surface area contributed by atoms with Crippen molar-refractivity contribution in [1.29, 1.82) is 0 Å². The van der Waals surface area contributed by atoms with Crippen LogP contribution in [0.4, 0.5) is 0 Å². The molecule has 0 saturated heterocycles. The molecule has 3 heteroatoms. The van der Waals surface area contributed by atoms with Crippen molar-refractivity contribution in [2.45, 2.75) is 44.9 Å². The van der Waals surface area contributed by atoms with Crippen LogP contribution in [0, 0.1) is 0 Å². The van der Waals surface area contributed by atoms with E-state index in [1.165, 1.54) is 43.5 Å². The first kappa shape index (κ1) is 17.4. The molecule has 0 N–H and O–H groups in total. The summed E-state index contributed by atoms with van der Waals surface area (Å²) < 4.78 is 6.99. The van der Waals surface area contributed by atoms with Crippen molar-refractivity contribution in [3.63, 3.8) is 0 Å². The van der Waals surface area contributed by atoms with Crippen LogP contribution in [-0.2, 0) is 0 Å². The van der Waals surface area contributed by atoms with Crippen LogP contribution in [0.3, 0.4) is 0 Å². The van der Waals surface area contributed by atoms with Crippen LogP contribution in [0.25, 0.3) is 0 Å². The smallest absolute Gasteiger partial charge is 0.119 e. The molecule has 0 unspecified atom stereocenters. The molecule has 0 spiro atoms. The van der Waals surface area contributed by atoms with E-state index >= 15 is 0 Å². The van der Waals surface area contributed by atoms with E-state index < -0.39 is 0 Å². The van der Waals surface area contributed by atoms with Crippen molar-refractivity contribution in [3.8, 4) is 5.75 Å². The third kappa shape index (κ3) is 5.76. The standard InChI is InChI=1S/C17H29NOS/c1-4-18(5-2,6-3)14-8-7-9-15-19-16-10-12-17(20)13-11-16/h10-13H,4-9,14-15H2,1-3H3/p+1. The summed E-state index contributed by atoms with van der Waals surface area (Å²) in [5, 5.41) is 0. The summed E-state index contributed by atoms with van der Waals surface area (Å²) >= 11 is 4.27. The quantitative estimate of drug-likeness (QED) is 0.382. The van der Waals surface area contributed by atoms with Gasteiger partial charge in [0.15, 0.2) is 0 Å². The third-order valence-corrected chi connectivity index (χ3v) is 4.69. The molecule has 0 aliphatic rings. The molecule has 1 aromatic rings. The minimum atomic E-state index is 0.816. The summed E-state index contributed by atoms with van der Waals surface area (Å²) in [5.41, 5.74) is 0. The lowest BCUT2D eigenvalue weighted by atomic mass is 10.2. The second-order valence-corrected chi connectivity index (χ2v) is 5.93. The van der Waals surface area contributed by atoms with E-state index in [0.717, 1.165) is 23.7 Å². The third-order valence-electron chi connectivity index (χ3n) is 4.39. The van der Waals surface area contributed by atoms with Gasteiger partial charge in [-0.3, -0.25) is 0 Å². The number of ether oxygens (including phenoxy) is 1. The maximum atomic E-state index is 5.73. The number of thiol groups is 1. The lowest BCUT2D eigenvalue weighted by Gasteiger charge is -2.35. The molecule has 0 atom stereocenters. The average molecular weight is 296 g/mol. The molecule has 2 nitrogen and oxygen atoms in total. The molecule has 1 rings (SSSR count). The molecule has 1 aromatic carbocycles. The SMILES string of the molecule is CC[N+](CC)(CC)CCCCCOc1ccc(S)cc1. The van der Waals surface area contributed by atoms with E-state index in [1.807, 2.05) is 24.3 Å². The van der Waals surface area contributed by atoms with Gasteiger partial charge in [0.05, 0.1) is 32.8 Å². The molecule has 0 fully saturated rings. The van der Waals surface area contributed by atoms with E-state index in [4.69, 9.17) is 4.74 Å². The maximum Gasteiger partial charge on any atom is 0.119 e. The van der Waals surface area contributed by atoms with Crippen LogP contribution in [0.1, 0.15) is 40.0 Å². The Morgan fingerprint density at radius 1 is 0.900 bits per heavy atom. The minimum Gasteiger partial charge on any atom is -0.494 e. The number of hydrogen-bond acceptors (Lipinski definition) is 2. The Labute approximate surface area is 130 Å². The Morgan fingerprint density at radius 3 is 2.05 bits per heavy atom. The lowest BCUT2D eigenvalue weighted by Crippen LogP contribution is -2.48. The predicted molar refractivity (Wildman–Crippen MR) is 89.8 cm³/mol. The molecule has 0 bridgehead atoms. The first-order chi connectivity index (χ1) is 9.65. The van der Waals surface area contributed by atoms with Crippen molar-refractivity contribution in [1.82, 2.24) is 0 Å². The highest BCUT2D eigenvalue weighted by atomic mass is 32.1. The summed E-state index contributed by atoms with van der Waals surface area (Å²) in [7, 11) is 0. The van der Waals surface area contributed by atoms with E-state index in [0.29, 0.717) is 0 Å². The molecule has 0 saturated carbocycles. The average Bonchev–Trinajstić information content (AvgIpc) is 2.49. The molecule has 0 heterocycles. The summed E-state index contributed by atoms with van der Waals surface area (Å²) in [6.07, 6.45) is 3.69. The van der Waals surface area contributed by atoms with Gasteiger partial charge in [0, 0.05) is 4.90 Å². The van der Waals surface area contributed by atoms with Gasteiger partial charge in [0.2, 0.25) is 0 Å². The van der Waals surface area contributed by atoms with Crippen LogP contribution >= 0.6 is 12.6 Å². The van der Waals surface area contributed by atoms with E-state index in [1.54, 1.807) is 0 Å². The number of benzene rings is 1. The van der Waals surface area contributed by atoms with Gasteiger partial charge in [-0.05, 0) is 64.3 Å². The predicted octanol–water partition coefficient (Wildman–Crippen LogP) is 4.40. The molecule has 20 heavy (non-hydrogen) atoms. The van der Waals surface area contributed by atoms with Crippen molar-refractivity contribution in [2.24, 2.45) is 0 Å². The number of rotatable bonds is 10. The van der Waals surface area contributed by atoms with Crippen LogP contribution in [0.2, 0.25) is 0 Å². The van der Waals surface area contributed by atoms with Crippen molar-refractivity contribution in [2.75, 3.05) is 32.8 Å². The van der Waals surface area contributed by atoms with Gasteiger partial charge < -0.3 is 9.22 Å². The van der Waals surface area contributed by atoms with Crippen LogP contribution < -0.4 is 4.74 Å². The highest BCUT2D eigenvalue weighted by molar-refractivity contribution is 7.80. The molecular formula is C17H30NOS+. The summed E-state index contributed by atoms with van der Waals surface area (Å²) in [6, 6.07) is 7.90. The Hall–Kier alpha value is -0.670. The van der Waals surface area contributed by atoms with Crippen LogP contribution in [-0.4, -0.2) is 37.3 Å². The van der Waals surface area contributed by atoms with Crippen molar-refractivity contribution < 1.29 is 9.22 Å². The van der Waals surface area contributed by atoms with Gasteiger partial charge in [-0.2, -0.15) is 0 Å². The number of nitrogens with zero attached hydrogens (tertiary/aromatic N) is 1. The number of unbranched alkanes of at least 4 members (excludes halogenated alkanes) is 2. The Morgan fingerprint density at radius 2 is 1.50 bits per heavy atom. The topological polar surface area (TPSA) is 9.23 Å². The molecule has 114 valence electrons. The highest BCUT2D eigenvalue weighted by Gasteiger charge is 2.19. The Bertz CT molecular complexity index is 351. The molecule has 0 aliphatic carbocycles. The van der Waals surface area contributed by atoms with E-state index in [9.17, 15) is 0 Å². The van der Waals surface area contributed by atoms with E-state index in [-0.39, 0.29) is 0 Å². The molecule has 0 amide bonds. The molecular weight excluding hydrogens is 266 g/mol. The second kappa shape index (κ2) is 9.30. The lowest BCUT2D eigenvalue weighted by molar-refractivity contribution is -0.923. The minimum absolute atomic E-state index is 0.816. The van der Waals surface area contributed by atoms with Gasteiger partial charge in [-0.15, -0.1) is 12.6 Å². The number of hydrogen-bond donors (Lipinski definition) is 1. The normalized spacial score (nSPS) is 11.6. The van der Waals surface area contributed by atoms with Crippen LogP contribution in [0.15, 0.2) is 29.2 Å². The Balaban J connectivity index is 2.14. The monoisotopic (exact) mass is 296 g/mol. The molecule has 0 aromatic heterocycles. The fraction of sp³-hybridized carbons (Fsp3) is 0.647. The fourth-order valence-corrected chi connectivity index (χ4v) is 2.75. The van der Waals surface area contributed by atoms with Crippen molar-refractivity contribution in [3.05, 3.63) is 24.3 Å². The fourth-order valence-electron chi connectivity index (χ4n) is 2.60. The zero-order chi connectivity index (χ0) is 14.8. The zero-order valence-electron chi connectivity index (χ0n) is 13.3. The van der Waals surface area contributed by atoms with Crippen molar-refractivity contribution >= 4 is 12.6 Å². The summed E-state index contributed by atoms with van der Waals surface area (Å²) in [6.45, 7) is 12.8. The van der Waals surface area contributed by atoms with Gasteiger partial charge >= 0.3 is 0 Å². The summed E-state index contributed by atoms with van der Waals surface area (Å²) in [5.74, 6) is 0.948. The zero-order valence-corrected chi connectivity index (χ0v) is 14.2.